The highest BCUT2D eigenvalue weighted by Crippen LogP contribution is 2.39. The number of nitrogens with two attached hydrogens (primary N) is 1. The molecule has 4 rings (SSSR count). The summed E-state index contributed by atoms with van der Waals surface area (Å²) in [6, 6.07) is 3.88. The summed E-state index contributed by atoms with van der Waals surface area (Å²) < 4.78 is 42.3. The second kappa shape index (κ2) is 8.19. The average Bonchev–Trinajstić information content (AvgIpc) is 3.51. The molecule has 2 heterocycles. The minimum Gasteiger partial charge on any atom is -0.366 e. The molecule has 1 aliphatic heterocycles. The van der Waals surface area contributed by atoms with Crippen LogP contribution in [0.25, 0.3) is 11.1 Å². The number of carbonyl (C=O) groups excluding carboxylic acids is 1. The van der Waals surface area contributed by atoms with Crippen LogP contribution in [-0.4, -0.2) is 42.2 Å². The quantitative estimate of drug-likeness (QED) is 0.762. The smallest absolute Gasteiger partial charge is 0.255 e. The number of amides is 1. The molecule has 0 unspecified atom stereocenters. The first-order valence-corrected chi connectivity index (χ1v) is 10.1. The maximum absolute atomic E-state index is 14.3. The molecule has 1 aliphatic carbocycles. The third-order valence-corrected chi connectivity index (χ3v) is 5.85. The van der Waals surface area contributed by atoms with E-state index >= 15 is 0 Å². The molecule has 162 valence electrons. The zero-order chi connectivity index (χ0) is 22.3. The van der Waals surface area contributed by atoms with Gasteiger partial charge in [-0.1, -0.05) is 0 Å². The molecule has 3 N–H and O–H groups in total. The van der Waals surface area contributed by atoms with Gasteiger partial charge in [0, 0.05) is 30.4 Å². The Bertz CT molecular complexity index is 1040. The molecule has 0 radical (unpaired) electrons. The van der Waals surface area contributed by atoms with Gasteiger partial charge < -0.3 is 16.0 Å². The van der Waals surface area contributed by atoms with Gasteiger partial charge in [-0.3, -0.25) is 4.79 Å². The molecule has 3 atom stereocenters. The van der Waals surface area contributed by atoms with Gasteiger partial charge in [-0.2, -0.15) is 5.26 Å². The maximum Gasteiger partial charge on any atom is 0.255 e. The van der Waals surface area contributed by atoms with E-state index < -0.39 is 29.8 Å². The van der Waals surface area contributed by atoms with Gasteiger partial charge in [-0.15, -0.1) is 0 Å². The molecule has 1 aromatic carbocycles. The Morgan fingerprint density at radius 2 is 1.97 bits per heavy atom. The Hall–Kier alpha value is -3.12. The predicted molar refractivity (Wildman–Crippen MR) is 109 cm³/mol. The highest BCUT2D eigenvalue weighted by Gasteiger charge is 2.36. The zero-order valence-electron chi connectivity index (χ0n) is 16.9. The van der Waals surface area contributed by atoms with Crippen molar-refractivity contribution >= 4 is 11.6 Å². The van der Waals surface area contributed by atoms with Crippen LogP contribution >= 0.6 is 0 Å². The number of nitrogens with zero attached hydrogens (tertiary/aromatic N) is 3. The lowest BCUT2D eigenvalue weighted by atomic mass is 9.97. The fraction of sp³-hybridized carbons (Fsp3) is 0.409. The molecule has 31 heavy (non-hydrogen) atoms. The minimum atomic E-state index is -1.35. The fourth-order valence-electron chi connectivity index (χ4n) is 4.02. The van der Waals surface area contributed by atoms with Gasteiger partial charge in [0.15, 0.2) is 0 Å². The van der Waals surface area contributed by atoms with Gasteiger partial charge >= 0.3 is 0 Å². The molecular weight excluding hydrogens is 407 g/mol. The van der Waals surface area contributed by atoms with Crippen LogP contribution in [0.4, 0.5) is 18.9 Å². The summed E-state index contributed by atoms with van der Waals surface area (Å²) in [6.07, 6.45) is 1.95. The van der Waals surface area contributed by atoms with Crippen LogP contribution in [0.2, 0.25) is 0 Å². The van der Waals surface area contributed by atoms with Crippen molar-refractivity contribution in [3.8, 4) is 17.2 Å². The molecule has 0 spiro atoms. The van der Waals surface area contributed by atoms with E-state index in [1.54, 1.807) is 4.90 Å². The van der Waals surface area contributed by atoms with Crippen LogP contribution in [0.15, 0.2) is 24.4 Å². The Morgan fingerprint density at radius 1 is 1.29 bits per heavy atom. The van der Waals surface area contributed by atoms with Crippen LogP contribution in [0.3, 0.4) is 0 Å². The number of hydrogen-bond donors (Lipinski definition) is 2. The number of rotatable bonds is 5. The van der Waals surface area contributed by atoms with Crippen molar-refractivity contribution in [2.75, 3.05) is 18.0 Å². The van der Waals surface area contributed by atoms with Gasteiger partial charge in [0.05, 0.1) is 23.8 Å². The first kappa shape index (κ1) is 21.1. The second-order valence-electron chi connectivity index (χ2n) is 8.20. The van der Waals surface area contributed by atoms with Crippen molar-refractivity contribution < 1.29 is 18.0 Å². The number of carbonyl (C=O) groups is 1. The van der Waals surface area contributed by atoms with Gasteiger partial charge in [-0.05, 0) is 43.4 Å². The summed E-state index contributed by atoms with van der Waals surface area (Å²) in [4.78, 5) is 18.7. The van der Waals surface area contributed by atoms with Crippen LogP contribution in [0.1, 0.15) is 35.8 Å². The third kappa shape index (κ3) is 4.21. The van der Waals surface area contributed by atoms with Crippen LogP contribution in [0, 0.1) is 28.9 Å². The van der Waals surface area contributed by atoms with Crippen molar-refractivity contribution in [2.24, 2.45) is 11.7 Å². The molecule has 1 aromatic heterocycles. The fourth-order valence-corrected chi connectivity index (χ4v) is 4.02. The number of hydrogen-bond acceptors (Lipinski definition) is 5. The van der Waals surface area contributed by atoms with E-state index in [4.69, 9.17) is 5.73 Å². The molecule has 9 heteroatoms. The number of nitriles is 1. The molecule has 1 saturated heterocycles. The highest BCUT2D eigenvalue weighted by atomic mass is 19.1. The Balaban J connectivity index is 1.89. The SMILES string of the molecule is C[C@H](NC(=O)c1cnc(C#N)c(-c2cc(F)cc(F)c2)c1N1C[C@@H](N)[C@H](F)C1)C1CC1. The summed E-state index contributed by atoms with van der Waals surface area (Å²) in [7, 11) is 0. The molecule has 1 amide bonds. The topological polar surface area (TPSA) is 95.0 Å². The monoisotopic (exact) mass is 429 g/mol. The zero-order valence-corrected chi connectivity index (χ0v) is 16.9. The summed E-state index contributed by atoms with van der Waals surface area (Å²) in [5.41, 5.74) is 6.15. The molecule has 1 saturated carbocycles. The number of nitrogens with one attached hydrogen (secondary N) is 1. The molecule has 2 fully saturated rings. The first-order chi connectivity index (χ1) is 14.8. The Kier molecular flexibility index (Phi) is 5.58. The summed E-state index contributed by atoms with van der Waals surface area (Å²) in [5.74, 6) is -1.74. The van der Waals surface area contributed by atoms with Crippen LogP contribution < -0.4 is 16.0 Å². The lowest BCUT2D eigenvalue weighted by Gasteiger charge is -2.26. The lowest BCUT2D eigenvalue weighted by Crippen LogP contribution is -2.36. The van der Waals surface area contributed by atoms with E-state index in [9.17, 15) is 23.2 Å². The van der Waals surface area contributed by atoms with Gasteiger partial charge in [0.1, 0.15) is 29.6 Å². The molecule has 2 aliphatic rings. The van der Waals surface area contributed by atoms with Crippen molar-refractivity contribution in [3.63, 3.8) is 0 Å². The van der Waals surface area contributed by atoms with Crippen molar-refractivity contribution in [1.29, 1.82) is 5.26 Å². The van der Waals surface area contributed by atoms with E-state index in [0.717, 1.165) is 25.0 Å². The minimum absolute atomic E-state index is 0.0392. The first-order valence-electron chi connectivity index (χ1n) is 10.1. The number of anilines is 1. The molecule has 0 bridgehead atoms. The van der Waals surface area contributed by atoms with E-state index in [-0.39, 0.29) is 47.2 Å². The van der Waals surface area contributed by atoms with Crippen molar-refractivity contribution in [1.82, 2.24) is 10.3 Å². The third-order valence-electron chi connectivity index (χ3n) is 5.85. The Labute approximate surface area is 177 Å². The molecule has 6 nitrogen and oxygen atoms in total. The number of aromatic nitrogens is 1. The molecular formula is C22H22F3N5O. The summed E-state index contributed by atoms with van der Waals surface area (Å²) in [5, 5.41) is 12.5. The van der Waals surface area contributed by atoms with E-state index in [2.05, 4.69) is 10.3 Å². The van der Waals surface area contributed by atoms with Crippen LogP contribution in [0.5, 0.6) is 0 Å². The number of pyridine rings is 1. The average molecular weight is 429 g/mol. The van der Waals surface area contributed by atoms with Gasteiger partial charge in [0.2, 0.25) is 0 Å². The largest absolute Gasteiger partial charge is 0.366 e. The number of benzene rings is 1. The van der Waals surface area contributed by atoms with E-state index in [1.165, 1.54) is 6.20 Å². The van der Waals surface area contributed by atoms with E-state index in [0.29, 0.717) is 12.0 Å². The molecule has 2 aromatic rings. The van der Waals surface area contributed by atoms with Gasteiger partial charge in [-0.25, -0.2) is 18.2 Å². The summed E-state index contributed by atoms with van der Waals surface area (Å²) in [6.45, 7) is 1.87. The van der Waals surface area contributed by atoms with E-state index in [1.807, 2.05) is 13.0 Å². The predicted octanol–water partition coefficient (Wildman–Crippen LogP) is 2.91. The number of halogens is 3. The Morgan fingerprint density at radius 3 is 2.52 bits per heavy atom. The number of alkyl halides is 1. The van der Waals surface area contributed by atoms with Crippen molar-refractivity contribution in [2.45, 2.75) is 38.0 Å². The lowest BCUT2D eigenvalue weighted by molar-refractivity contribution is 0.0936. The standard InChI is InChI=1S/C22H22F3N5O/c1-11(12-2-3-12)29-22(31)16-8-28-19(7-26)20(13-4-14(23)6-15(24)5-13)21(16)30-9-17(25)18(27)10-30/h4-6,8,11-12,17-18H,2-3,9-10,27H2,1H3,(H,29,31)/t11-,17+,18+/m0/s1. The summed E-state index contributed by atoms with van der Waals surface area (Å²) >= 11 is 0. The van der Waals surface area contributed by atoms with Gasteiger partial charge in [0.25, 0.3) is 5.91 Å². The van der Waals surface area contributed by atoms with Crippen LogP contribution in [-0.2, 0) is 0 Å². The second-order valence-corrected chi connectivity index (χ2v) is 8.20. The highest BCUT2D eigenvalue weighted by molar-refractivity contribution is 6.04. The normalized spacial score (nSPS) is 21.6. The van der Waals surface area contributed by atoms with Crippen molar-refractivity contribution in [3.05, 3.63) is 47.3 Å². The maximum atomic E-state index is 14.3.